The summed E-state index contributed by atoms with van der Waals surface area (Å²) in [6, 6.07) is 19.0. The maximum atomic E-state index is 13.6. The van der Waals surface area contributed by atoms with Crippen molar-refractivity contribution in [2.45, 2.75) is 20.3 Å². The number of benzene rings is 2. The Bertz CT molecular complexity index is 1300. The van der Waals surface area contributed by atoms with Crippen LogP contribution in [0.2, 0.25) is 0 Å². The molecular formula is C26H26N4O4S. The van der Waals surface area contributed by atoms with Crippen LogP contribution in [-0.2, 0) is 11.2 Å². The molecule has 180 valence electrons. The van der Waals surface area contributed by atoms with Crippen molar-refractivity contribution >= 4 is 28.3 Å². The van der Waals surface area contributed by atoms with Gasteiger partial charge in [0, 0.05) is 17.6 Å². The lowest BCUT2D eigenvalue weighted by Crippen LogP contribution is -2.33. The van der Waals surface area contributed by atoms with E-state index in [1.807, 2.05) is 54.6 Å². The number of hydrogen-bond donors (Lipinski definition) is 0. The molecule has 4 rings (SSSR count). The minimum Gasteiger partial charge on any atom is -0.497 e. The Balaban J connectivity index is 1.63. The second kappa shape index (κ2) is 11.0. The highest BCUT2D eigenvalue weighted by molar-refractivity contribution is 7.16. The zero-order chi connectivity index (χ0) is 24.8. The molecule has 0 aliphatic heterocycles. The zero-order valence-electron chi connectivity index (χ0n) is 19.8. The Hall–Kier alpha value is -3.98. The fourth-order valence-electron chi connectivity index (χ4n) is 3.51. The van der Waals surface area contributed by atoms with Crippen LogP contribution in [0.25, 0.3) is 5.69 Å². The van der Waals surface area contributed by atoms with E-state index in [4.69, 9.17) is 9.47 Å². The molecule has 35 heavy (non-hydrogen) atoms. The van der Waals surface area contributed by atoms with Gasteiger partial charge >= 0.3 is 5.97 Å². The molecule has 2 heterocycles. The lowest BCUT2D eigenvalue weighted by molar-refractivity contribution is 0.0519. The molecule has 0 aliphatic carbocycles. The summed E-state index contributed by atoms with van der Waals surface area (Å²) in [5, 5.41) is 4.94. The summed E-state index contributed by atoms with van der Waals surface area (Å²) in [7, 11) is 1.61. The predicted molar refractivity (Wildman–Crippen MR) is 135 cm³/mol. The number of anilines is 1. The number of rotatable bonds is 9. The normalized spacial score (nSPS) is 10.7. The molecule has 1 amide bonds. The van der Waals surface area contributed by atoms with Crippen LogP contribution in [0.4, 0.5) is 5.13 Å². The lowest BCUT2D eigenvalue weighted by atomic mass is 10.1. The number of thiazole rings is 1. The number of methoxy groups -OCH3 is 1. The van der Waals surface area contributed by atoms with Crippen molar-refractivity contribution in [3.05, 3.63) is 88.7 Å². The Morgan fingerprint density at radius 2 is 1.80 bits per heavy atom. The van der Waals surface area contributed by atoms with E-state index in [-0.39, 0.29) is 23.9 Å². The monoisotopic (exact) mass is 490 g/mol. The first-order valence-electron chi connectivity index (χ1n) is 11.2. The highest BCUT2D eigenvalue weighted by Crippen LogP contribution is 2.28. The maximum Gasteiger partial charge on any atom is 0.358 e. The number of carbonyl (C=O) groups excluding carboxylic acids is 2. The van der Waals surface area contributed by atoms with E-state index in [9.17, 15) is 9.59 Å². The van der Waals surface area contributed by atoms with Crippen molar-refractivity contribution < 1.29 is 19.1 Å². The Kier molecular flexibility index (Phi) is 7.57. The quantitative estimate of drug-likeness (QED) is 0.316. The molecule has 0 unspecified atom stereocenters. The van der Waals surface area contributed by atoms with Crippen molar-refractivity contribution in [3.63, 3.8) is 0 Å². The second-order valence-corrected chi connectivity index (χ2v) is 8.84. The van der Waals surface area contributed by atoms with Gasteiger partial charge in [0.2, 0.25) is 0 Å². The number of hydrogen-bond acceptors (Lipinski definition) is 7. The third-order valence-corrected chi connectivity index (χ3v) is 6.34. The van der Waals surface area contributed by atoms with E-state index in [1.165, 1.54) is 11.3 Å². The van der Waals surface area contributed by atoms with Gasteiger partial charge in [-0.15, -0.1) is 11.3 Å². The molecule has 0 atom stereocenters. The third kappa shape index (κ3) is 5.58. The standard InChI is InChI=1S/C26H26N4O4S/c1-4-34-25(32)23-18(2)35-26(27-23)29(16-14-19-8-6-5-7-9-19)24(31)22-15-17-30(28-22)20-10-12-21(33-3)13-11-20/h5-13,15,17H,4,14,16H2,1-3H3. The van der Waals surface area contributed by atoms with Crippen molar-refractivity contribution in [3.8, 4) is 11.4 Å². The zero-order valence-corrected chi connectivity index (χ0v) is 20.6. The van der Waals surface area contributed by atoms with Gasteiger partial charge in [0.25, 0.3) is 5.91 Å². The smallest absolute Gasteiger partial charge is 0.358 e. The number of amides is 1. The molecule has 0 aliphatic rings. The van der Waals surface area contributed by atoms with Crippen LogP contribution in [0, 0.1) is 6.92 Å². The van der Waals surface area contributed by atoms with E-state index in [0.717, 1.165) is 17.0 Å². The fourth-order valence-corrected chi connectivity index (χ4v) is 4.43. The SMILES string of the molecule is CCOC(=O)c1nc(N(CCc2ccccc2)C(=O)c2ccn(-c3ccc(OC)cc3)n2)sc1C. The molecule has 4 aromatic rings. The Morgan fingerprint density at radius 3 is 2.49 bits per heavy atom. The van der Waals surface area contributed by atoms with Gasteiger partial charge in [-0.2, -0.15) is 5.10 Å². The molecule has 0 saturated heterocycles. The number of esters is 1. The summed E-state index contributed by atoms with van der Waals surface area (Å²) in [4.78, 5) is 32.7. The number of nitrogens with zero attached hydrogens (tertiary/aromatic N) is 4. The molecule has 0 N–H and O–H groups in total. The summed E-state index contributed by atoms with van der Waals surface area (Å²) in [6.45, 7) is 4.18. The van der Waals surface area contributed by atoms with Gasteiger partial charge in [-0.05, 0) is 56.2 Å². The van der Waals surface area contributed by atoms with Crippen LogP contribution < -0.4 is 9.64 Å². The molecule has 2 aromatic heterocycles. The van der Waals surface area contributed by atoms with Crippen LogP contribution in [0.1, 0.15) is 38.3 Å². The molecule has 0 saturated carbocycles. The first-order chi connectivity index (χ1) is 17.0. The van der Waals surface area contributed by atoms with Crippen LogP contribution in [0.5, 0.6) is 5.75 Å². The minimum atomic E-state index is -0.494. The number of aromatic nitrogens is 3. The van der Waals surface area contributed by atoms with Crippen LogP contribution >= 0.6 is 11.3 Å². The predicted octanol–water partition coefficient (Wildman–Crippen LogP) is 4.71. The summed E-state index contributed by atoms with van der Waals surface area (Å²) >= 11 is 1.29. The van der Waals surface area contributed by atoms with Crippen LogP contribution in [0.15, 0.2) is 66.9 Å². The fraction of sp³-hybridized carbons (Fsp3) is 0.231. The second-order valence-electron chi connectivity index (χ2n) is 7.66. The van der Waals surface area contributed by atoms with Gasteiger partial charge in [0.1, 0.15) is 5.75 Å². The first-order valence-corrected chi connectivity index (χ1v) is 12.0. The molecule has 2 aromatic carbocycles. The minimum absolute atomic E-state index is 0.230. The maximum absolute atomic E-state index is 13.6. The summed E-state index contributed by atoms with van der Waals surface area (Å²) in [6.07, 6.45) is 2.36. The van der Waals surface area contributed by atoms with Crippen molar-refractivity contribution in [2.24, 2.45) is 0 Å². The van der Waals surface area contributed by atoms with E-state index in [0.29, 0.717) is 23.0 Å². The van der Waals surface area contributed by atoms with E-state index in [2.05, 4.69) is 10.1 Å². The third-order valence-electron chi connectivity index (χ3n) is 5.34. The molecule has 0 bridgehead atoms. The van der Waals surface area contributed by atoms with Gasteiger partial charge < -0.3 is 9.47 Å². The van der Waals surface area contributed by atoms with Gasteiger partial charge in [0.05, 0.1) is 19.4 Å². The van der Waals surface area contributed by atoms with Crippen molar-refractivity contribution in [1.29, 1.82) is 0 Å². The van der Waals surface area contributed by atoms with Crippen molar-refractivity contribution in [1.82, 2.24) is 14.8 Å². The molecule has 0 radical (unpaired) electrons. The molecule has 8 nitrogen and oxygen atoms in total. The van der Waals surface area contributed by atoms with E-state index >= 15 is 0 Å². The summed E-state index contributed by atoms with van der Waals surface area (Å²) < 4.78 is 12.0. The highest BCUT2D eigenvalue weighted by Gasteiger charge is 2.26. The average Bonchev–Trinajstić information content (AvgIpc) is 3.52. The molecule has 0 fully saturated rings. The summed E-state index contributed by atoms with van der Waals surface area (Å²) in [5.74, 6) is -0.0510. The number of aryl methyl sites for hydroxylation is 1. The highest BCUT2D eigenvalue weighted by atomic mass is 32.1. The first kappa shape index (κ1) is 24.2. The van der Waals surface area contributed by atoms with E-state index in [1.54, 1.807) is 42.8 Å². The molecular weight excluding hydrogens is 464 g/mol. The molecule has 9 heteroatoms. The topological polar surface area (TPSA) is 86.6 Å². The number of carbonyl (C=O) groups is 2. The lowest BCUT2D eigenvalue weighted by Gasteiger charge is -2.19. The Labute approximate surface area is 207 Å². The summed E-state index contributed by atoms with van der Waals surface area (Å²) in [5.41, 5.74) is 2.40. The number of ether oxygens (including phenoxy) is 2. The van der Waals surface area contributed by atoms with Gasteiger partial charge in [-0.1, -0.05) is 30.3 Å². The van der Waals surface area contributed by atoms with Crippen LogP contribution in [0.3, 0.4) is 0 Å². The van der Waals surface area contributed by atoms with Crippen molar-refractivity contribution in [2.75, 3.05) is 25.2 Å². The Morgan fingerprint density at radius 1 is 1.06 bits per heavy atom. The van der Waals surface area contributed by atoms with Gasteiger partial charge in [-0.25, -0.2) is 14.5 Å². The molecule has 0 spiro atoms. The van der Waals surface area contributed by atoms with E-state index < -0.39 is 5.97 Å². The van der Waals surface area contributed by atoms with Crippen LogP contribution in [-0.4, -0.2) is 46.9 Å². The van der Waals surface area contributed by atoms with Gasteiger partial charge in [0.15, 0.2) is 16.5 Å². The average molecular weight is 491 g/mol. The van der Waals surface area contributed by atoms with Gasteiger partial charge in [-0.3, -0.25) is 9.69 Å². The largest absolute Gasteiger partial charge is 0.497 e.